The number of benzene rings is 2. The lowest BCUT2D eigenvalue weighted by Gasteiger charge is -2.14. The second kappa shape index (κ2) is 18.7. The Hall–Kier alpha value is -6.05. The Morgan fingerprint density at radius 3 is 1.68 bits per heavy atom. The van der Waals surface area contributed by atoms with Crippen LogP contribution in [0.4, 0.5) is 40.8 Å². The molecule has 4 heterocycles. The molecule has 3 N–H and O–H groups in total. The molecule has 0 saturated carbocycles. The normalized spacial score (nSPS) is 12.4. The van der Waals surface area contributed by atoms with Crippen molar-refractivity contribution in [1.29, 1.82) is 0 Å². The van der Waals surface area contributed by atoms with Crippen LogP contribution in [0.5, 0.6) is 0 Å². The molecule has 0 aliphatic rings. The number of aliphatic carboxylic acids is 1. The van der Waals surface area contributed by atoms with Gasteiger partial charge in [-0.1, -0.05) is 19.0 Å². The molecular weight excluding hydrogens is 818 g/mol. The van der Waals surface area contributed by atoms with Crippen molar-refractivity contribution in [2.75, 3.05) is 5.73 Å². The molecule has 0 spiro atoms. The van der Waals surface area contributed by atoms with Crippen molar-refractivity contribution < 1.29 is 49.8 Å². The van der Waals surface area contributed by atoms with E-state index in [2.05, 4.69) is 20.3 Å². The number of carbonyl (C=O) groups is 2. The third-order valence-electron chi connectivity index (χ3n) is 8.83. The zero-order valence-corrected chi connectivity index (χ0v) is 32.3. The Kier molecular flexibility index (Phi) is 15.0. The highest BCUT2D eigenvalue weighted by molar-refractivity contribution is 6.32. The Balaban J connectivity index is 0.000000255. The molecule has 0 bridgehead atoms. The van der Waals surface area contributed by atoms with Gasteiger partial charge >= 0.3 is 18.3 Å². The number of carboxylic acid groups (broad SMARTS) is 1. The van der Waals surface area contributed by atoms with Crippen molar-refractivity contribution in [3.63, 3.8) is 0 Å². The maximum absolute atomic E-state index is 13.1. The molecule has 12 nitrogen and oxygen atoms in total. The first kappa shape index (κ1) is 47.3. The number of nitrogens with two attached hydrogens (primary N) is 1. The lowest BCUT2D eigenvalue weighted by atomic mass is 10.1. The molecule has 6 rings (SSSR count). The number of aryl methyl sites for hydroxylation is 1. The second-order valence-corrected chi connectivity index (χ2v) is 13.2. The number of carbonyl (C=O) groups excluding carboxylic acids is 1. The van der Waals surface area contributed by atoms with E-state index in [1.807, 2.05) is 6.92 Å². The van der Waals surface area contributed by atoms with Crippen molar-refractivity contribution in [1.82, 2.24) is 38.9 Å². The molecule has 2 aromatic carbocycles. The number of anilines is 1. The fourth-order valence-corrected chi connectivity index (χ4v) is 5.62. The van der Waals surface area contributed by atoms with Crippen LogP contribution in [-0.2, 0) is 28.4 Å². The number of hydrogen-bond acceptors (Lipinski definition) is 7. The summed E-state index contributed by atoms with van der Waals surface area (Å²) in [5.74, 6) is -2.06. The van der Waals surface area contributed by atoms with Gasteiger partial charge in [-0.25, -0.2) is 27.9 Å². The van der Waals surface area contributed by atoms with Gasteiger partial charge in [0.25, 0.3) is 0 Å². The smallest absolute Gasteiger partial charge is 0.436 e. The number of carboxylic acids is 1. The number of alkyl halides is 6. The van der Waals surface area contributed by atoms with Crippen LogP contribution >= 0.6 is 11.6 Å². The number of ketones is 1. The van der Waals surface area contributed by atoms with Gasteiger partial charge in [0.15, 0.2) is 17.2 Å². The molecule has 59 heavy (non-hydrogen) atoms. The Morgan fingerprint density at radius 1 is 0.780 bits per heavy atom. The molecule has 2 unspecified atom stereocenters. The summed E-state index contributed by atoms with van der Waals surface area (Å²) in [7, 11) is 0. The van der Waals surface area contributed by atoms with E-state index in [1.165, 1.54) is 62.7 Å². The van der Waals surface area contributed by atoms with E-state index in [0.29, 0.717) is 22.6 Å². The molecule has 4 aromatic heterocycles. The van der Waals surface area contributed by atoms with E-state index in [4.69, 9.17) is 22.4 Å². The van der Waals surface area contributed by atoms with Crippen molar-refractivity contribution in [3.8, 4) is 11.4 Å². The van der Waals surface area contributed by atoms with Crippen LogP contribution < -0.4 is 5.73 Å². The molecule has 2 atom stereocenters. The Labute approximate surface area is 337 Å². The minimum atomic E-state index is -4.69. The predicted molar refractivity (Wildman–Crippen MR) is 202 cm³/mol. The van der Waals surface area contributed by atoms with Gasteiger partial charge in [0.1, 0.15) is 23.5 Å². The van der Waals surface area contributed by atoms with Crippen molar-refractivity contribution >= 4 is 29.0 Å². The largest absolute Gasteiger partial charge is 0.480 e. The highest BCUT2D eigenvalue weighted by Gasteiger charge is 2.39. The first-order valence-electron chi connectivity index (χ1n) is 17.0. The second-order valence-electron chi connectivity index (χ2n) is 12.8. The maximum Gasteiger partial charge on any atom is 0.436 e. The highest BCUT2D eigenvalue weighted by atomic mass is 35.5. The minimum absolute atomic E-state index is 0. The molecule has 0 aliphatic heterocycles. The van der Waals surface area contributed by atoms with Crippen molar-refractivity contribution in [2.45, 2.75) is 79.8 Å². The average molecular weight is 858 g/mol. The summed E-state index contributed by atoms with van der Waals surface area (Å²) in [4.78, 5) is 26.8. The zero-order chi connectivity index (χ0) is 43.4. The van der Waals surface area contributed by atoms with Crippen LogP contribution in [0.25, 0.3) is 11.4 Å². The van der Waals surface area contributed by atoms with Crippen molar-refractivity contribution in [3.05, 3.63) is 124 Å². The van der Waals surface area contributed by atoms with Gasteiger partial charge in [0.2, 0.25) is 0 Å². The summed E-state index contributed by atoms with van der Waals surface area (Å²) < 4.78 is 107. The molecule has 21 heteroatoms. The van der Waals surface area contributed by atoms with E-state index >= 15 is 0 Å². The van der Waals surface area contributed by atoms with Gasteiger partial charge < -0.3 is 15.4 Å². The van der Waals surface area contributed by atoms with E-state index < -0.39 is 46.8 Å². The summed E-state index contributed by atoms with van der Waals surface area (Å²) in [5.41, 5.74) is 7.63. The van der Waals surface area contributed by atoms with Gasteiger partial charge in [0.05, 0.1) is 51.9 Å². The molecule has 0 saturated heterocycles. The number of nitrogen functional groups attached to an aromatic ring is 1. The molecular formula is C38H40ClF8N9O3. The first-order valence-corrected chi connectivity index (χ1v) is 17.4. The minimum Gasteiger partial charge on any atom is -0.480 e. The SMILES string of the molecule is C.Cc1c(Cl)c(C(F)(F)F)nn1C(C)C(=O)O.Cc1c(N)cnn1-c1ccc(F)cc1.Cc1nc(C(F)(F)F)cn1C(C)C(=O)Cc1cnn(-c2ccc(F)cc2)c1C. The molecule has 0 aliphatic carbocycles. The fourth-order valence-electron chi connectivity index (χ4n) is 5.39. The number of nitrogens with zero attached hydrogens (tertiary/aromatic N) is 8. The summed E-state index contributed by atoms with van der Waals surface area (Å²) in [6, 6.07) is 9.86. The van der Waals surface area contributed by atoms with E-state index in [-0.39, 0.29) is 42.8 Å². The highest BCUT2D eigenvalue weighted by Crippen LogP contribution is 2.36. The van der Waals surface area contributed by atoms with Gasteiger partial charge in [-0.15, -0.1) is 0 Å². The van der Waals surface area contributed by atoms with E-state index in [9.17, 15) is 44.7 Å². The third-order valence-corrected chi connectivity index (χ3v) is 9.28. The Morgan fingerprint density at radius 2 is 1.27 bits per heavy atom. The maximum atomic E-state index is 13.1. The topological polar surface area (TPSA) is 152 Å². The van der Waals surface area contributed by atoms with E-state index in [1.54, 1.807) is 46.7 Å². The first-order chi connectivity index (χ1) is 26.9. The Bertz CT molecular complexity index is 2380. The van der Waals surface area contributed by atoms with E-state index in [0.717, 1.165) is 22.3 Å². The van der Waals surface area contributed by atoms with Gasteiger partial charge in [-0.2, -0.15) is 41.6 Å². The van der Waals surface area contributed by atoms with Crippen LogP contribution in [0.3, 0.4) is 0 Å². The quantitative estimate of drug-likeness (QED) is 0.144. The van der Waals surface area contributed by atoms with Crippen LogP contribution in [0.15, 0.2) is 67.1 Å². The van der Waals surface area contributed by atoms with Gasteiger partial charge in [0, 0.05) is 23.9 Å². The zero-order valence-electron chi connectivity index (χ0n) is 31.5. The van der Waals surface area contributed by atoms with Crippen LogP contribution in [0.2, 0.25) is 5.02 Å². The summed E-state index contributed by atoms with van der Waals surface area (Å²) >= 11 is 5.45. The number of halogens is 9. The molecule has 0 fully saturated rings. The molecule has 318 valence electrons. The number of rotatable bonds is 8. The monoisotopic (exact) mass is 857 g/mol. The number of aromatic nitrogens is 8. The standard InChI is InChI=1S/C19H18F4N4O.C10H10FN3.C8H8ClF3N2O2.CH4/c1-11-14(9-24-27(11)16-6-4-15(20)5-7-16)8-17(28)12(2)26-10-18(19(21,22)23)25-13(26)3;1-7-10(12)6-13-14(7)9-4-2-8(11)3-5-9;1-3-5(9)6(8(10,11)12)13-14(3)4(2)7(15)16;/h4-7,9-10,12H,8H2,1-3H3;2-6H,12H2,1H3;4H,1-2H3,(H,15,16);1H4. The number of imidazole rings is 1. The molecule has 0 radical (unpaired) electrons. The van der Waals surface area contributed by atoms with Gasteiger partial charge in [-0.3, -0.25) is 9.48 Å². The summed E-state index contributed by atoms with van der Waals surface area (Å²) in [6.07, 6.45) is -5.28. The van der Waals surface area contributed by atoms with Crippen LogP contribution in [0.1, 0.15) is 73.2 Å². The van der Waals surface area contributed by atoms with Crippen LogP contribution in [0, 0.1) is 39.3 Å². The van der Waals surface area contributed by atoms with Crippen LogP contribution in [-0.4, -0.2) is 55.8 Å². The summed E-state index contributed by atoms with van der Waals surface area (Å²) in [6.45, 7) is 9.11. The fraction of sp³-hybridized carbons (Fsp3) is 0.316. The predicted octanol–water partition coefficient (Wildman–Crippen LogP) is 9.26. The molecule has 6 aromatic rings. The molecule has 0 amide bonds. The third kappa shape index (κ3) is 11.1. The average Bonchev–Trinajstić information content (AvgIpc) is 3.90. The number of Topliss-reactive ketones (excluding diaryl/α,β-unsaturated/α-hetero) is 1. The summed E-state index contributed by atoms with van der Waals surface area (Å²) in [5, 5.41) is 19.6. The van der Waals surface area contributed by atoms with Crippen molar-refractivity contribution in [2.24, 2.45) is 0 Å². The van der Waals surface area contributed by atoms with Gasteiger partial charge in [-0.05, 0) is 90.1 Å². The lowest BCUT2D eigenvalue weighted by molar-refractivity contribution is -0.144. The number of hydrogen-bond donors (Lipinski definition) is 2. The lowest BCUT2D eigenvalue weighted by Crippen LogP contribution is -2.19.